The molecule has 0 spiro atoms. The molecule has 0 saturated carbocycles. The summed E-state index contributed by atoms with van der Waals surface area (Å²) < 4.78 is 6.09. The van der Waals surface area contributed by atoms with Gasteiger partial charge in [-0.2, -0.15) is 4.37 Å². The van der Waals surface area contributed by atoms with Crippen LogP contribution in [0, 0.1) is 0 Å². The van der Waals surface area contributed by atoms with E-state index in [1.807, 2.05) is 23.2 Å². The van der Waals surface area contributed by atoms with Gasteiger partial charge < -0.3 is 10.2 Å². The number of nitrogens with zero attached hydrogens (tertiary/aromatic N) is 2. The minimum Gasteiger partial charge on any atom is -0.336 e. The highest BCUT2D eigenvalue weighted by molar-refractivity contribution is 9.10. The third-order valence-corrected chi connectivity index (χ3v) is 4.80. The number of hydrogen-bond donors (Lipinski definition) is 1. The van der Waals surface area contributed by atoms with Gasteiger partial charge in [0.15, 0.2) is 0 Å². The monoisotopic (exact) mass is 353 g/mol. The van der Waals surface area contributed by atoms with Gasteiger partial charge in [-0.15, -0.1) is 0 Å². The van der Waals surface area contributed by atoms with Crippen LogP contribution in [-0.2, 0) is 0 Å². The molecular weight excluding hydrogens is 338 g/mol. The molecule has 20 heavy (non-hydrogen) atoms. The van der Waals surface area contributed by atoms with Gasteiger partial charge in [0.2, 0.25) is 0 Å². The molecule has 1 aliphatic rings. The van der Waals surface area contributed by atoms with Gasteiger partial charge in [-0.05, 0) is 37.5 Å². The van der Waals surface area contributed by atoms with Gasteiger partial charge in [0.1, 0.15) is 0 Å². The van der Waals surface area contributed by atoms with Crippen molar-refractivity contribution in [2.24, 2.45) is 0 Å². The molecular formula is C14H16BrN3OS. The van der Waals surface area contributed by atoms with Crippen LogP contribution in [0.3, 0.4) is 0 Å². The summed E-state index contributed by atoms with van der Waals surface area (Å²) in [5.74, 6) is 0.0979. The van der Waals surface area contributed by atoms with E-state index >= 15 is 0 Å². The number of fused-ring (bicyclic) bond motifs is 1. The van der Waals surface area contributed by atoms with Gasteiger partial charge in [0.25, 0.3) is 5.91 Å². The summed E-state index contributed by atoms with van der Waals surface area (Å²) in [6.45, 7) is 5.71. The zero-order chi connectivity index (χ0) is 14.3. The van der Waals surface area contributed by atoms with Gasteiger partial charge >= 0.3 is 0 Å². The van der Waals surface area contributed by atoms with E-state index < -0.39 is 0 Å². The largest absolute Gasteiger partial charge is 0.336 e. The fourth-order valence-corrected chi connectivity index (χ4v) is 3.98. The fourth-order valence-electron chi connectivity index (χ4n) is 2.77. The van der Waals surface area contributed by atoms with Crippen molar-refractivity contribution in [3.05, 3.63) is 28.4 Å². The van der Waals surface area contributed by atoms with Crippen LogP contribution in [0.4, 0.5) is 0 Å². The van der Waals surface area contributed by atoms with Crippen molar-refractivity contribution < 1.29 is 4.79 Å². The summed E-state index contributed by atoms with van der Waals surface area (Å²) in [4.78, 5) is 14.7. The smallest absolute Gasteiger partial charge is 0.255 e. The number of hydrogen-bond acceptors (Lipinski definition) is 4. The predicted molar refractivity (Wildman–Crippen MR) is 85.3 cm³/mol. The molecule has 1 saturated heterocycles. The molecule has 1 aliphatic heterocycles. The third kappa shape index (κ3) is 2.60. The highest BCUT2D eigenvalue weighted by atomic mass is 79.9. The first kappa shape index (κ1) is 14.0. The first-order valence-electron chi connectivity index (χ1n) is 6.64. The van der Waals surface area contributed by atoms with E-state index in [0.29, 0.717) is 12.1 Å². The second kappa shape index (κ2) is 5.42. The molecule has 1 aromatic heterocycles. The van der Waals surface area contributed by atoms with Gasteiger partial charge in [-0.1, -0.05) is 15.9 Å². The topological polar surface area (TPSA) is 45.2 Å². The van der Waals surface area contributed by atoms with Crippen molar-refractivity contribution in [1.29, 1.82) is 0 Å². The van der Waals surface area contributed by atoms with Crippen molar-refractivity contribution in [3.8, 4) is 0 Å². The number of aromatic nitrogens is 1. The Morgan fingerprint density at radius 3 is 2.80 bits per heavy atom. The molecule has 1 aromatic carbocycles. The number of halogens is 1. The molecule has 2 heterocycles. The highest BCUT2D eigenvalue weighted by Gasteiger charge is 2.27. The van der Waals surface area contributed by atoms with Crippen LogP contribution in [0.25, 0.3) is 10.1 Å². The van der Waals surface area contributed by atoms with Crippen molar-refractivity contribution in [1.82, 2.24) is 14.6 Å². The number of nitrogens with one attached hydrogen (secondary N) is 1. The standard InChI is InChI=1S/C14H16BrN3OS/c1-8-6-18(7-9(2)17-8)14(19)12-4-11(15)3-10-5-16-20-13(10)12/h3-5,8-9,17H,6-7H2,1-2H3. The number of rotatable bonds is 1. The molecule has 3 rings (SSSR count). The zero-order valence-corrected chi connectivity index (χ0v) is 13.8. The number of amides is 1. The van der Waals surface area contributed by atoms with E-state index in [1.54, 1.807) is 0 Å². The van der Waals surface area contributed by atoms with Gasteiger partial charge in [0, 0.05) is 41.2 Å². The summed E-state index contributed by atoms with van der Waals surface area (Å²) in [6, 6.07) is 4.55. The lowest BCUT2D eigenvalue weighted by molar-refractivity contribution is 0.0676. The SMILES string of the molecule is CC1CN(C(=O)c2cc(Br)cc3cnsc23)CC(C)N1. The predicted octanol–water partition coefficient (Wildman–Crippen LogP) is 2.88. The number of piperazine rings is 1. The maximum absolute atomic E-state index is 12.8. The first-order valence-corrected chi connectivity index (χ1v) is 8.20. The van der Waals surface area contributed by atoms with Crippen LogP contribution >= 0.6 is 27.5 Å². The van der Waals surface area contributed by atoms with Crippen molar-refractivity contribution in [2.75, 3.05) is 13.1 Å². The summed E-state index contributed by atoms with van der Waals surface area (Å²) in [5, 5.41) is 4.46. The highest BCUT2D eigenvalue weighted by Crippen LogP contribution is 2.28. The van der Waals surface area contributed by atoms with E-state index in [9.17, 15) is 4.79 Å². The van der Waals surface area contributed by atoms with Crippen LogP contribution in [0.5, 0.6) is 0 Å². The molecule has 2 aromatic rings. The molecule has 106 valence electrons. The minimum atomic E-state index is 0.0979. The lowest BCUT2D eigenvalue weighted by atomic mass is 10.1. The first-order chi connectivity index (χ1) is 9.54. The molecule has 1 fully saturated rings. The Kier molecular flexibility index (Phi) is 3.79. The maximum atomic E-state index is 12.8. The fraction of sp³-hybridized carbons (Fsp3) is 0.429. The summed E-state index contributed by atoms with van der Waals surface area (Å²) in [6.07, 6.45) is 1.81. The van der Waals surface area contributed by atoms with Crippen LogP contribution in [0.2, 0.25) is 0 Å². The minimum absolute atomic E-state index is 0.0979. The van der Waals surface area contributed by atoms with Gasteiger partial charge in [0.05, 0.1) is 10.3 Å². The zero-order valence-electron chi connectivity index (χ0n) is 11.4. The van der Waals surface area contributed by atoms with E-state index in [-0.39, 0.29) is 5.91 Å². The number of carbonyl (C=O) groups excluding carboxylic acids is 1. The summed E-state index contributed by atoms with van der Waals surface area (Å²) in [7, 11) is 0. The van der Waals surface area contributed by atoms with Crippen LogP contribution in [-0.4, -0.2) is 40.4 Å². The molecule has 0 aliphatic carbocycles. The van der Waals surface area contributed by atoms with E-state index in [2.05, 4.69) is 39.5 Å². The van der Waals surface area contributed by atoms with Gasteiger partial charge in [-0.25, -0.2) is 0 Å². The Morgan fingerprint density at radius 1 is 1.40 bits per heavy atom. The maximum Gasteiger partial charge on any atom is 0.255 e. The van der Waals surface area contributed by atoms with E-state index in [0.717, 1.165) is 33.2 Å². The number of benzene rings is 1. The van der Waals surface area contributed by atoms with Crippen molar-refractivity contribution in [3.63, 3.8) is 0 Å². The van der Waals surface area contributed by atoms with Crippen molar-refractivity contribution >= 4 is 43.5 Å². The lowest BCUT2D eigenvalue weighted by Crippen LogP contribution is -2.55. The summed E-state index contributed by atoms with van der Waals surface area (Å²) in [5.41, 5.74) is 0.748. The lowest BCUT2D eigenvalue weighted by Gasteiger charge is -2.36. The molecule has 0 radical (unpaired) electrons. The van der Waals surface area contributed by atoms with Crippen molar-refractivity contribution in [2.45, 2.75) is 25.9 Å². The van der Waals surface area contributed by atoms with Crippen LogP contribution < -0.4 is 5.32 Å². The molecule has 1 N–H and O–H groups in total. The molecule has 0 bridgehead atoms. The summed E-state index contributed by atoms with van der Waals surface area (Å²) >= 11 is 4.86. The Balaban J connectivity index is 1.98. The Hall–Kier alpha value is -0.980. The second-order valence-electron chi connectivity index (χ2n) is 5.38. The molecule has 6 heteroatoms. The van der Waals surface area contributed by atoms with Crippen LogP contribution in [0.1, 0.15) is 24.2 Å². The molecule has 2 atom stereocenters. The number of carbonyl (C=O) groups is 1. The van der Waals surface area contributed by atoms with E-state index in [1.165, 1.54) is 11.5 Å². The normalized spacial score (nSPS) is 23.2. The molecule has 2 unspecified atom stereocenters. The Labute approximate surface area is 130 Å². The Morgan fingerprint density at radius 2 is 2.10 bits per heavy atom. The second-order valence-corrected chi connectivity index (χ2v) is 7.09. The quantitative estimate of drug-likeness (QED) is 0.857. The average molecular weight is 354 g/mol. The Bertz CT molecular complexity index is 647. The van der Waals surface area contributed by atoms with Crippen LogP contribution in [0.15, 0.2) is 22.8 Å². The molecule has 1 amide bonds. The molecule has 4 nitrogen and oxygen atoms in total. The average Bonchev–Trinajstić information content (AvgIpc) is 2.83. The van der Waals surface area contributed by atoms with E-state index in [4.69, 9.17) is 0 Å². The van der Waals surface area contributed by atoms with Gasteiger partial charge in [-0.3, -0.25) is 4.79 Å². The third-order valence-electron chi connectivity index (χ3n) is 3.49.